The molecule has 0 spiro atoms. The van der Waals surface area contributed by atoms with Gasteiger partial charge in [0.1, 0.15) is 6.67 Å². The fraction of sp³-hybridized carbons (Fsp3) is 1.00. The van der Waals surface area contributed by atoms with Crippen molar-refractivity contribution < 1.29 is 8.57 Å². The number of hydrogen-bond donors (Lipinski definition) is 0. The molecule has 8 heavy (non-hydrogen) atoms. The molecule has 0 aliphatic heterocycles. The van der Waals surface area contributed by atoms with Gasteiger partial charge in [0.15, 0.2) is 0 Å². The summed E-state index contributed by atoms with van der Waals surface area (Å²) in [5.41, 5.74) is 0. The van der Waals surface area contributed by atoms with E-state index in [1.54, 1.807) is 0 Å². The highest BCUT2D eigenvalue weighted by molar-refractivity contribution is 14.2. The smallest absolute Gasteiger partial charge is 0.114 e. The molecule has 0 aliphatic carbocycles. The molecule has 0 saturated carbocycles. The lowest BCUT2D eigenvalue weighted by Crippen LogP contribution is -1.83. The van der Waals surface area contributed by atoms with Gasteiger partial charge in [0.25, 0.3) is 0 Å². The van der Waals surface area contributed by atoms with Gasteiger partial charge in [-0.25, -0.2) is 4.39 Å². The molecule has 0 radical (unpaired) electrons. The molecule has 1 nitrogen and oxygen atoms in total. The van der Waals surface area contributed by atoms with Crippen LogP contribution in [0.3, 0.4) is 0 Å². The molecule has 0 amide bonds. The van der Waals surface area contributed by atoms with Crippen LogP contribution in [0.15, 0.2) is 0 Å². The van der Waals surface area contributed by atoms with Gasteiger partial charge in [0, 0.05) is 21.2 Å². The van der Waals surface area contributed by atoms with Crippen molar-refractivity contribution in [2.45, 2.75) is 13.8 Å². The van der Waals surface area contributed by atoms with Crippen LogP contribution in [0.2, 0.25) is 0 Å². The van der Waals surface area contributed by atoms with Gasteiger partial charge in [-0.1, -0.05) is 13.8 Å². The lowest BCUT2D eigenvalue weighted by atomic mass is 10.9. The molecule has 0 aliphatic rings. The normalized spacial score (nSPS) is 7.50. The van der Waals surface area contributed by atoms with Crippen LogP contribution in [-0.2, 0) is 4.18 Å². The zero-order chi connectivity index (χ0) is 6.83. The first-order valence-electron chi connectivity index (χ1n) is 2.38. The van der Waals surface area contributed by atoms with Crippen molar-refractivity contribution in [1.29, 1.82) is 0 Å². The zero-order valence-corrected chi connectivity index (χ0v) is 7.96. The van der Waals surface area contributed by atoms with Gasteiger partial charge >= 0.3 is 0 Å². The van der Waals surface area contributed by atoms with E-state index in [2.05, 4.69) is 4.18 Å². The minimum absolute atomic E-state index is 0.202. The van der Waals surface area contributed by atoms with E-state index in [9.17, 15) is 4.39 Å². The summed E-state index contributed by atoms with van der Waals surface area (Å²) in [5.74, 6) is 0. The Bertz CT molecular complexity index is 28.0. The molecule has 0 heterocycles. The molecule has 0 fully saturated rings. The Kier molecular flexibility index (Phi) is 23.0. The Labute approximate surface area is 66.2 Å². The first kappa shape index (κ1) is 11.7. The monoisotopic (exact) mass is 252 g/mol. The fourth-order valence-corrected chi connectivity index (χ4v) is 0.728. The second-order valence-electron chi connectivity index (χ2n) is 0.574. The van der Waals surface area contributed by atoms with Crippen molar-refractivity contribution >= 4 is 30.4 Å². The quantitative estimate of drug-likeness (QED) is 0.434. The molecule has 0 rings (SSSR count). The van der Waals surface area contributed by atoms with Gasteiger partial charge in [-0.05, 0) is 0 Å². The van der Waals surface area contributed by atoms with E-state index in [-0.39, 0.29) is 6.61 Å². The van der Waals surface area contributed by atoms with E-state index in [1.165, 1.54) is 0 Å². The lowest BCUT2D eigenvalue weighted by molar-refractivity contribution is 0.316. The molecule has 4 heteroatoms. The summed E-state index contributed by atoms with van der Waals surface area (Å²) in [6, 6.07) is 0. The maximum Gasteiger partial charge on any atom is 0.114 e. The van der Waals surface area contributed by atoms with E-state index in [0.717, 1.165) is 9.21 Å². The van der Waals surface area contributed by atoms with Crippen molar-refractivity contribution in [2.24, 2.45) is 0 Å². The fourth-order valence-electron chi connectivity index (χ4n) is 0.0630. The average Bonchev–Trinajstić information content (AvgIpc) is 1.88. The molecule has 0 unspecified atom stereocenters. The third-order valence-corrected chi connectivity index (χ3v) is 1.22. The number of alkyl halides is 1. The molecule has 0 aromatic rings. The Hall–Kier alpha value is 0.970. The topological polar surface area (TPSA) is 9.23 Å². The van der Waals surface area contributed by atoms with Crippen LogP contribution >= 0.6 is 30.4 Å². The van der Waals surface area contributed by atoms with E-state index >= 15 is 0 Å². The first-order chi connectivity index (χ1) is 3.91. The van der Waals surface area contributed by atoms with Crippen LogP contribution in [0.1, 0.15) is 13.8 Å². The number of rotatable bonds is 3. The Balaban J connectivity index is 0. The number of hydrogen-bond acceptors (Lipinski definition) is 2. The third-order valence-electron chi connectivity index (χ3n) is 0.205. The van der Waals surface area contributed by atoms with Gasteiger partial charge in [-0.2, -0.15) is 0 Å². The van der Waals surface area contributed by atoms with Crippen LogP contribution < -0.4 is 0 Å². The molecular formula is C4H10FIOS. The van der Waals surface area contributed by atoms with Crippen LogP contribution in [0.25, 0.3) is 0 Å². The molecule has 52 valence electrons. The van der Waals surface area contributed by atoms with E-state index < -0.39 is 6.67 Å². The van der Waals surface area contributed by atoms with E-state index in [1.807, 2.05) is 35.1 Å². The Morgan fingerprint density at radius 3 is 2.25 bits per heavy atom. The predicted octanol–water partition coefficient (Wildman–Crippen LogP) is 3.00. The van der Waals surface area contributed by atoms with Crippen molar-refractivity contribution in [2.75, 3.05) is 13.3 Å². The SMILES string of the molecule is CC.FCCOSI. The zero-order valence-electron chi connectivity index (χ0n) is 4.99. The van der Waals surface area contributed by atoms with Crippen LogP contribution in [0.4, 0.5) is 4.39 Å². The maximum absolute atomic E-state index is 11.0. The van der Waals surface area contributed by atoms with Crippen molar-refractivity contribution in [3.05, 3.63) is 0 Å². The molecule has 0 aromatic heterocycles. The molecular weight excluding hydrogens is 242 g/mol. The van der Waals surface area contributed by atoms with Crippen LogP contribution in [0.5, 0.6) is 0 Å². The second-order valence-corrected chi connectivity index (χ2v) is 2.01. The lowest BCUT2D eigenvalue weighted by Gasteiger charge is -1.85. The molecule has 0 N–H and O–H groups in total. The summed E-state index contributed by atoms with van der Waals surface area (Å²) in [6.45, 7) is 3.81. The average molecular weight is 252 g/mol. The summed E-state index contributed by atoms with van der Waals surface area (Å²) >= 11 is 1.94. The highest BCUT2D eigenvalue weighted by Crippen LogP contribution is 2.10. The highest BCUT2D eigenvalue weighted by atomic mass is 127. The first-order valence-corrected chi connectivity index (χ1v) is 5.66. The summed E-state index contributed by atoms with van der Waals surface area (Å²) in [7, 11) is 1.16. The van der Waals surface area contributed by atoms with Crippen LogP contribution in [-0.4, -0.2) is 13.3 Å². The summed E-state index contributed by atoms with van der Waals surface area (Å²) < 4.78 is 15.5. The Morgan fingerprint density at radius 2 is 2.12 bits per heavy atom. The summed E-state index contributed by atoms with van der Waals surface area (Å²) in [4.78, 5) is 0. The molecule has 0 bridgehead atoms. The summed E-state index contributed by atoms with van der Waals surface area (Å²) in [5, 5.41) is 0. The molecule has 0 atom stereocenters. The van der Waals surface area contributed by atoms with E-state index in [0.29, 0.717) is 0 Å². The van der Waals surface area contributed by atoms with Crippen LogP contribution in [0, 0.1) is 0 Å². The van der Waals surface area contributed by atoms with Crippen molar-refractivity contribution in [3.8, 4) is 0 Å². The second kappa shape index (κ2) is 15.7. The third kappa shape index (κ3) is 15.8. The summed E-state index contributed by atoms with van der Waals surface area (Å²) in [6.07, 6.45) is 0. The van der Waals surface area contributed by atoms with Gasteiger partial charge in [-0.3, -0.25) is 0 Å². The Morgan fingerprint density at radius 1 is 1.62 bits per heavy atom. The highest BCUT2D eigenvalue weighted by Gasteiger charge is 1.78. The van der Waals surface area contributed by atoms with E-state index in [4.69, 9.17) is 0 Å². The van der Waals surface area contributed by atoms with Gasteiger partial charge in [0.2, 0.25) is 0 Å². The van der Waals surface area contributed by atoms with Gasteiger partial charge in [0.05, 0.1) is 15.8 Å². The largest absolute Gasteiger partial charge is 0.303 e. The standard InChI is InChI=1S/C2H4FIOS.C2H6/c3-1-2-5-6-4;1-2/h1-2H2;1-2H3. The minimum Gasteiger partial charge on any atom is -0.303 e. The van der Waals surface area contributed by atoms with Crippen molar-refractivity contribution in [1.82, 2.24) is 0 Å². The predicted molar refractivity (Wildman–Crippen MR) is 44.9 cm³/mol. The molecule has 0 aromatic carbocycles. The maximum atomic E-state index is 11.0. The minimum atomic E-state index is -0.393. The van der Waals surface area contributed by atoms with Gasteiger partial charge < -0.3 is 4.18 Å². The number of halogens is 2. The van der Waals surface area contributed by atoms with Gasteiger partial charge in [-0.15, -0.1) is 0 Å². The molecule has 0 saturated heterocycles. The van der Waals surface area contributed by atoms with Crippen molar-refractivity contribution in [3.63, 3.8) is 0 Å².